The zero-order chi connectivity index (χ0) is 17.2. The Morgan fingerprint density at radius 2 is 2.00 bits per heavy atom. The first-order chi connectivity index (χ1) is 11.7. The van der Waals surface area contributed by atoms with Gasteiger partial charge in [0.05, 0.1) is 6.61 Å². The van der Waals surface area contributed by atoms with Crippen molar-refractivity contribution in [3.63, 3.8) is 0 Å². The molecule has 0 fully saturated rings. The SMILES string of the molecule is CCOc1ccccc1CCNC(=NC)NCC(C)c1cccs1.I. The second kappa shape index (κ2) is 12.1. The molecule has 0 saturated carbocycles. The van der Waals surface area contributed by atoms with E-state index in [1.807, 2.05) is 25.1 Å². The molecule has 1 unspecified atom stereocenters. The van der Waals surface area contributed by atoms with Crippen LogP contribution in [-0.4, -0.2) is 32.7 Å². The van der Waals surface area contributed by atoms with Crippen molar-refractivity contribution in [3.05, 3.63) is 52.2 Å². The van der Waals surface area contributed by atoms with Crippen LogP contribution in [0.1, 0.15) is 30.2 Å². The van der Waals surface area contributed by atoms with E-state index in [0.29, 0.717) is 12.5 Å². The van der Waals surface area contributed by atoms with Crippen LogP contribution in [0.2, 0.25) is 0 Å². The van der Waals surface area contributed by atoms with Gasteiger partial charge in [-0.25, -0.2) is 0 Å². The van der Waals surface area contributed by atoms with Gasteiger partial charge in [0.1, 0.15) is 5.75 Å². The van der Waals surface area contributed by atoms with E-state index in [-0.39, 0.29) is 24.0 Å². The molecule has 138 valence electrons. The lowest BCUT2D eigenvalue weighted by Crippen LogP contribution is -2.39. The Morgan fingerprint density at radius 3 is 2.68 bits per heavy atom. The molecule has 0 aliphatic carbocycles. The minimum Gasteiger partial charge on any atom is -0.494 e. The van der Waals surface area contributed by atoms with Gasteiger partial charge in [-0.05, 0) is 36.4 Å². The monoisotopic (exact) mass is 473 g/mol. The topological polar surface area (TPSA) is 45.6 Å². The fraction of sp³-hybridized carbons (Fsp3) is 0.421. The summed E-state index contributed by atoms with van der Waals surface area (Å²) in [6.45, 7) is 6.61. The maximum atomic E-state index is 5.67. The lowest BCUT2D eigenvalue weighted by Gasteiger charge is -2.16. The lowest BCUT2D eigenvalue weighted by atomic mass is 10.1. The van der Waals surface area contributed by atoms with E-state index in [1.165, 1.54) is 10.4 Å². The van der Waals surface area contributed by atoms with Crippen LogP contribution in [0.15, 0.2) is 46.8 Å². The van der Waals surface area contributed by atoms with Crippen molar-refractivity contribution < 1.29 is 4.74 Å². The molecular formula is C19H28IN3OS. The van der Waals surface area contributed by atoms with Crippen LogP contribution in [0, 0.1) is 0 Å². The van der Waals surface area contributed by atoms with Gasteiger partial charge in [-0.15, -0.1) is 35.3 Å². The summed E-state index contributed by atoms with van der Waals surface area (Å²) < 4.78 is 5.67. The van der Waals surface area contributed by atoms with Crippen molar-refractivity contribution in [2.75, 3.05) is 26.7 Å². The van der Waals surface area contributed by atoms with Crippen molar-refractivity contribution in [1.82, 2.24) is 10.6 Å². The highest BCUT2D eigenvalue weighted by Gasteiger charge is 2.08. The molecule has 2 N–H and O–H groups in total. The van der Waals surface area contributed by atoms with Crippen LogP contribution in [0.3, 0.4) is 0 Å². The first-order valence-electron chi connectivity index (χ1n) is 8.43. The van der Waals surface area contributed by atoms with Crippen molar-refractivity contribution >= 4 is 41.3 Å². The number of guanidine groups is 1. The van der Waals surface area contributed by atoms with E-state index in [1.54, 1.807) is 18.4 Å². The Kier molecular flexibility index (Phi) is 10.6. The number of aliphatic imine (C=N–C) groups is 1. The van der Waals surface area contributed by atoms with Crippen LogP contribution in [0.5, 0.6) is 5.75 Å². The summed E-state index contributed by atoms with van der Waals surface area (Å²) in [5.41, 5.74) is 1.22. The number of thiophene rings is 1. The largest absolute Gasteiger partial charge is 0.494 e. The maximum Gasteiger partial charge on any atom is 0.191 e. The van der Waals surface area contributed by atoms with Crippen molar-refractivity contribution in [1.29, 1.82) is 0 Å². The number of para-hydroxylation sites is 1. The lowest BCUT2D eigenvalue weighted by molar-refractivity contribution is 0.336. The predicted molar refractivity (Wildman–Crippen MR) is 119 cm³/mol. The molecule has 1 aromatic carbocycles. The smallest absolute Gasteiger partial charge is 0.191 e. The van der Waals surface area contributed by atoms with E-state index in [2.05, 4.69) is 46.1 Å². The molecule has 2 rings (SSSR count). The van der Waals surface area contributed by atoms with E-state index in [4.69, 9.17) is 4.74 Å². The number of halogens is 1. The van der Waals surface area contributed by atoms with E-state index < -0.39 is 0 Å². The summed E-state index contributed by atoms with van der Waals surface area (Å²) in [5, 5.41) is 8.89. The second-order valence-electron chi connectivity index (χ2n) is 5.59. The first-order valence-corrected chi connectivity index (χ1v) is 9.31. The summed E-state index contributed by atoms with van der Waals surface area (Å²) >= 11 is 1.80. The fourth-order valence-electron chi connectivity index (χ4n) is 2.46. The van der Waals surface area contributed by atoms with Gasteiger partial charge < -0.3 is 15.4 Å². The third-order valence-corrected chi connectivity index (χ3v) is 4.89. The van der Waals surface area contributed by atoms with E-state index in [9.17, 15) is 0 Å². The molecule has 4 nitrogen and oxygen atoms in total. The third-order valence-electron chi connectivity index (χ3n) is 3.79. The van der Waals surface area contributed by atoms with Crippen LogP contribution in [0.25, 0.3) is 0 Å². The van der Waals surface area contributed by atoms with Crippen LogP contribution < -0.4 is 15.4 Å². The highest BCUT2D eigenvalue weighted by atomic mass is 127. The summed E-state index contributed by atoms with van der Waals surface area (Å²) in [6.07, 6.45) is 0.900. The number of hydrogen-bond donors (Lipinski definition) is 2. The molecular weight excluding hydrogens is 445 g/mol. The molecule has 25 heavy (non-hydrogen) atoms. The van der Waals surface area contributed by atoms with Crippen molar-refractivity contribution in [2.45, 2.75) is 26.2 Å². The van der Waals surface area contributed by atoms with E-state index in [0.717, 1.165) is 31.2 Å². The zero-order valence-corrected chi connectivity index (χ0v) is 18.3. The highest BCUT2D eigenvalue weighted by molar-refractivity contribution is 14.0. The summed E-state index contributed by atoms with van der Waals surface area (Å²) in [7, 11) is 1.80. The molecule has 1 atom stereocenters. The second-order valence-corrected chi connectivity index (χ2v) is 6.57. The molecule has 0 aliphatic heterocycles. The molecule has 6 heteroatoms. The number of nitrogens with one attached hydrogen (secondary N) is 2. The Morgan fingerprint density at radius 1 is 1.20 bits per heavy atom. The van der Waals surface area contributed by atoms with Crippen LogP contribution in [-0.2, 0) is 6.42 Å². The summed E-state index contributed by atoms with van der Waals surface area (Å²) in [5.74, 6) is 2.28. The quantitative estimate of drug-likeness (QED) is 0.342. The minimum atomic E-state index is 0. The van der Waals surface area contributed by atoms with Crippen LogP contribution in [0.4, 0.5) is 0 Å². The van der Waals surface area contributed by atoms with Gasteiger partial charge in [-0.3, -0.25) is 4.99 Å². The molecule has 0 radical (unpaired) electrons. The Bertz CT molecular complexity index is 631. The van der Waals surface area contributed by atoms with Gasteiger partial charge in [0.2, 0.25) is 0 Å². The standard InChI is InChI=1S/C19H27N3OS.HI/c1-4-23-17-9-6-5-8-16(17)11-12-21-19(20-3)22-14-15(2)18-10-7-13-24-18;/h5-10,13,15H,4,11-12,14H2,1-3H3,(H2,20,21,22);1H. The molecule has 0 aliphatic rings. The van der Waals surface area contributed by atoms with Gasteiger partial charge in [0.15, 0.2) is 5.96 Å². The summed E-state index contributed by atoms with van der Waals surface area (Å²) in [6, 6.07) is 12.5. The third kappa shape index (κ3) is 7.23. The van der Waals surface area contributed by atoms with Gasteiger partial charge in [-0.2, -0.15) is 0 Å². The molecule has 0 saturated heterocycles. The predicted octanol–water partition coefficient (Wildman–Crippen LogP) is 4.28. The normalized spacial score (nSPS) is 12.2. The number of ether oxygens (including phenoxy) is 1. The molecule has 0 amide bonds. The van der Waals surface area contributed by atoms with Gasteiger partial charge in [0, 0.05) is 30.9 Å². The fourth-order valence-corrected chi connectivity index (χ4v) is 3.25. The average molecular weight is 473 g/mol. The molecule has 2 aromatic rings. The van der Waals surface area contributed by atoms with Gasteiger partial charge in [0.25, 0.3) is 0 Å². The molecule has 1 aromatic heterocycles. The number of hydrogen-bond acceptors (Lipinski definition) is 3. The van der Waals surface area contributed by atoms with E-state index >= 15 is 0 Å². The number of nitrogens with zero attached hydrogens (tertiary/aromatic N) is 1. The molecule has 0 bridgehead atoms. The maximum absolute atomic E-state index is 5.67. The van der Waals surface area contributed by atoms with Gasteiger partial charge >= 0.3 is 0 Å². The van der Waals surface area contributed by atoms with Gasteiger partial charge in [-0.1, -0.05) is 31.2 Å². The van der Waals surface area contributed by atoms with Crippen molar-refractivity contribution in [2.24, 2.45) is 4.99 Å². The first kappa shape index (κ1) is 21.8. The molecule has 0 spiro atoms. The highest BCUT2D eigenvalue weighted by Crippen LogP contribution is 2.19. The Hall–Kier alpha value is -1.28. The Balaban J connectivity index is 0.00000312. The number of rotatable bonds is 8. The van der Waals surface area contributed by atoms with Crippen molar-refractivity contribution in [3.8, 4) is 5.75 Å². The number of benzene rings is 1. The average Bonchev–Trinajstić information content (AvgIpc) is 3.14. The van der Waals surface area contributed by atoms with Crippen LogP contribution >= 0.6 is 35.3 Å². The minimum absolute atomic E-state index is 0. The zero-order valence-electron chi connectivity index (χ0n) is 15.1. The Labute approximate surface area is 172 Å². The molecule has 1 heterocycles. The summed E-state index contributed by atoms with van der Waals surface area (Å²) in [4.78, 5) is 5.69.